The minimum Gasteiger partial charge on any atom is -0.462 e. The van der Waals surface area contributed by atoms with Gasteiger partial charge in [-0.3, -0.25) is 13.9 Å². The molecule has 0 saturated heterocycles. The summed E-state index contributed by atoms with van der Waals surface area (Å²) >= 11 is 1.20. The molecule has 3 rings (SSSR count). The van der Waals surface area contributed by atoms with Crippen molar-refractivity contribution in [2.24, 2.45) is 7.05 Å². The summed E-state index contributed by atoms with van der Waals surface area (Å²) in [4.78, 5) is 38.4. The Morgan fingerprint density at radius 2 is 1.92 bits per heavy atom. The quantitative estimate of drug-likeness (QED) is 0.493. The van der Waals surface area contributed by atoms with Crippen LogP contribution in [0.25, 0.3) is 10.2 Å². The van der Waals surface area contributed by atoms with E-state index in [1.165, 1.54) is 15.9 Å². The van der Waals surface area contributed by atoms with Crippen LogP contribution in [-0.4, -0.2) is 21.7 Å². The van der Waals surface area contributed by atoms with Gasteiger partial charge in [-0.2, -0.15) is 0 Å². The summed E-state index contributed by atoms with van der Waals surface area (Å²) in [5.41, 5.74) is 0.201. The minimum atomic E-state index is -0.522. The molecule has 0 aliphatic rings. The molecule has 2 heterocycles. The van der Waals surface area contributed by atoms with E-state index in [0.717, 1.165) is 23.0 Å². The van der Waals surface area contributed by atoms with Crippen molar-refractivity contribution in [2.45, 2.75) is 26.3 Å². The van der Waals surface area contributed by atoms with Crippen LogP contribution in [0.1, 0.15) is 35.7 Å². The molecule has 0 atom stereocenters. The summed E-state index contributed by atoms with van der Waals surface area (Å²) in [6, 6.07) is 9.28. The summed E-state index contributed by atoms with van der Waals surface area (Å²) in [6.45, 7) is 2.48. The molecule has 3 aromatic rings. The molecule has 0 aliphatic carbocycles. The number of aromatic nitrogens is 2. The Labute approximate surface area is 154 Å². The topological polar surface area (TPSA) is 70.3 Å². The van der Waals surface area contributed by atoms with Gasteiger partial charge in [-0.25, -0.2) is 9.59 Å². The number of esters is 1. The van der Waals surface area contributed by atoms with Gasteiger partial charge in [0.1, 0.15) is 4.83 Å². The summed E-state index contributed by atoms with van der Waals surface area (Å²) < 4.78 is 7.82. The van der Waals surface area contributed by atoms with Crippen LogP contribution in [0.2, 0.25) is 0 Å². The molecule has 0 fully saturated rings. The Hall–Kier alpha value is -2.67. The largest absolute Gasteiger partial charge is 0.462 e. The van der Waals surface area contributed by atoms with Crippen LogP contribution in [0.15, 0.2) is 45.3 Å². The Morgan fingerprint density at radius 1 is 1.19 bits per heavy atom. The average molecular weight is 372 g/mol. The SMILES string of the molecule is CCCCOC(=O)c1csc2c1c(=O)n(Cc1ccccc1)c(=O)n2C. The number of carbonyl (C=O) groups excluding carboxylic acids is 1. The van der Waals surface area contributed by atoms with Gasteiger partial charge in [0.15, 0.2) is 0 Å². The molecule has 0 N–H and O–H groups in total. The van der Waals surface area contributed by atoms with Crippen molar-refractivity contribution >= 4 is 27.5 Å². The van der Waals surface area contributed by atoms with Gasteiger partial charge in [0, 0.05) is 12.4 Å². The maximum Gasteiger partial charge on any atom is 0.339 e. The highest BCUT2D eigenvalue weighted by molar-refractivity contribution is 7.17. The number of unbranched alkanes of at least 4 members (excludes halogenated alkanes) is 1. The number of nitrogens with zero attached hydrogens (tertiary/aromatic N) is 2. The first-order valence-corrected chi connectivity index (χ1v) is 9.34. The standard InChI is InChI=1S/C19H20N2O4S/c1-3-4-10-25-18(23)14-12-26-17-15(14)16(22)21(19(24)20(17)2)11-13-8-6-5-7-9-13/h5-9,12H,3-4,10-11H2,1-2H3. The first-order chi connectivity index (χ1) is 12.5. The normalized spacial score (nSPS) is 11.0. The van der Waals surface area contributed by atoms with E-state index in [2.05, 4.69) is 0 Å². The third kappa shape index (κ3) is 3.35. The third-order valence-electron chi connectivity index (χ3n) is 4.19. The van der Waals surface area contributed by atoms with Gasteiger partial charge >= 0.3 is 11.7 Å². The van der Waals surface area contributed by atoms with Crippen molar-refractivity contribution in [2.75, 3.05) is 6.61 Å². The first-order valence-electron chi connectivity index (χ1n) is 8.46. The maximum absolute atomic E-state index is 13.0. The molecular formula is C19H20N2O4S. The molecule has 0 saturated carbocycles. The molecule has 2 aromatic heterocycles. The lowest BCUT2D eigenvalue weighted by Gasteiger charge is -2.09. The number of fused-ring (bicyclic) bond motifs is 1. The van der Waals surface area contributed by atoms with Crippen molar-refractivity contribution in [1.29, 1.82) is 0 Å². The molecule has 7 heteroatoms. The van der Waals surface area contributed by atoms with E-state index < -0.39 is 17.2 Å². The van der Waals surface area contributed by atoms with Gasteiger partial charge in [-0.1, -0.05) is 43.7 Å². The van der Waals surface area contributed by atoms with E-state index in [1.807, 2.05) is 37.3 Å². The van der Waals surface area contributed by atoms with Crippen molar-refractivity contribution in [3.05, 3.63) is 67.7 Å². The van der Waals surface area contributed by atoms with Gasteiger partial charge in [0.05, 0.1) is 24.1 Å². The van der Waals surface area contributed by atoms with Crippen molar-refractivity contribution in [1.82, 2.24) is 9.13 Å². The predicted octanol–water partition coefficient (Wildman–Crippen LogP) is 2.77. The highest BCUT2D eigenvalue weighted by Crippen LogP contribution is 2.22. The molecule has 0 bridgehead atoms. The van der Waals surface area contributed by atoms with Gasteiger partial charge in [0.25, 0.3) is 5.56 Å². The lowest BCUT2D eigenvalue weighted by Crippen LogP contribution is -2.39. The fourth-order valence-corrected chi connectivity index (χ4v) is 3.73. The molecule has 0 spiro atoms. The Bertz CT molecular complexity index is 1050. The zero-order valence-corrected chi connectivity index (χ0v) is 15.5. The number of aryl methyl sites for hydroxylation is 1. The number of ether oxygens (including phenoxy) is 1. The lowest BCUT2D eigenvalue weighted by atomic mass is 10.2. The number of rotatable bonds is 6. The lowest BCUT2D eigenvalue weighted by molar-refractivity contribution is 0.0502. The molecular weight excluding hydrogens is 352 g/mol. The average Bonchev–Trinajstić information content (AvgIpc) is 3.10. The van der Waals surface area contributed by atoms with Crippen LogP contribution in [0.4, 0.5) is 0 Å². The second kappa shape index (κ2) is 7.70. The van der Waals surface area contributed by atoms with Crippen molar-refractivity contribution < 1.29 is 9.53 Å². The summed E-state index contributed by atoms with van der Waals surface area (Å²) in [5.74, 6) is -0.522. The zero-order valence-electron chi connectivity index (χ0n) is 14.7. The maximum atomic E-state index is 13.0. The zero-order chi connectivity index (χ0) is 18.7. The predicted molar refractivity (Wildman–Crippen MR) is 102 cm³/mol. The van der Waals surface area contributed by atoms with Crippen molar-refractivity contribution in [3.63, 3.8) is 0 Å². The molecule has 0 radical (unpaired) electrons. The highest BCUT2D eigenvalue weighted by atomic mass is 32.1. The smallest absolute Gasteiger partial charge is 0.339 e. The van der Waals surface area contributed by atoms with E-state index >= 15 is 0 Å². The molecule has 6 nitrogen and oxygen atoms in total. The second-order valence-corrected chi connectivity index (χ2v) is 6.90. The number of carbonyl (C=O) groups is 1. The second-order valence-electron chi connectivity index (χ2n) is 6.04. The van der Waals surface area contributed by atoms with E-state index in [0.29, 0.717) is 11.4 Å². The van der Waals surface area contributed by atoms with Crippen molar-refractivity contribution in [3.8, 4) is 0 Å². The van der Waals surface area contributed by atoms with Crippen LogP contribution < -0.4 is 11.2 Å². The Kier molecular flexibility index (Phi) is 5.37. The third-order valence-corrected chi connectivity index (χ3v) is 5.24. The van der Waals surface area contributed by atoms with E-state index in [4.69, 9.17) is 4.74 Å². The van der Waals surface area contributed by atoms with E-state index in [-0.39, 0.29) is 17.5 Å². The number of hydrogen-bond acceptors (Lipinski definition) is 5. The van der Waals surface area contributed by atoms with Crippen LogP contribution in [-0.2, 0) is 18.3 Å². The molecule has 0 amide bonds. The van der Waals surface area contributed by atoms with Crippen LogP contribution in [0.3, 0.4) is 0 Å². The molecule has 136 valence electrons. The van der Waals surface area contributed by atoms with Crippen LogP contribution in [0, 0.1) is 0 Å². The van der Waals surface area contributed by atoms with Gasteiger partial charge in [-0.15, -0.1) is 11.3 Å². The minimum absolute atomic E-state index is 0.155. The molecule has 1 aromatic carbocycles. The number of benzene rings is 1. The fraction of sp³-hybridized carbons (Fsp3) is 0.316. The summed E-state index contributed by atoms with van der Waals surface area (Å²) in [7, 11) is 1.61. The first kappa shape index (κ1) is 18.1. The van der Waals surface area contributed by atoms with Crippen LogP contribution >= 0.6 is 11.3 Å². The number of hydrogen-bond donors (Lipinski definition) is 0. The van der Waals surface area contributed by atoms with Gasteiger partial charge in [-0.05, 0) is 12.0 Å². The van der Waals surface area contributed by atoms with Gasteiger partial charge < -0.3 is 4.74 Å². The van der Waals surface area contributed by atoms with Gasteiger partial charge in [0.2, 0.25) is 0 Å². The Morgan fingerprint density at radius 3 is 2.62 bits per heavy atom. The fourth-order valence-electron chi connectivity index (χ4n) is 2.73. The summed E-state index contributed by atoms with van der Waals surface area (Å²) in [5, 5.41) is 1.83. The monoisotopic (exact) mass is 372 g/mol. The molecule has 0 unspecified atom stereocenters. The number of thiophene rings is 1. The van der Waals surface area contributed by atoms with E-state index in [9.17, 15) is 14.4 Å². The molecule has 26 heavy (non-hydrogen) atoms. The molecule has 0 aliphatic heterocycles. The highest BCUT2D eigenvalue weighted by Gasteiger charge is 2.21. The van der Waals surface area contributed by atoms with Crippen LogP contribution in [0.5, 0.6) is 0 Å². The summed E-state index contributed by atoms with van der Waals surface area (Å²) in [6.07, 6.45) is 1.68. The Balaban J connectivity index is 2.10. The van der Waals surface area contributed by atoms with E-state index in [1.54, 1.807) is 12.4 Å².